The van der Waals surface area contributed by atoms with Crippen LogP contribution in [0.15, 0.2) is 9.59 Å². The molecule has 27 heavy (non-hydrogen) atoms. The second-order valence-corrected chi connectivity index (χ2v) is 7.86. The molecule has 3 atom stereocenters. The van der Waals surface area contributed by atoms with Gasteiger partial charge in [0, 0.05) is 20.5 Å². The maximum atomic E-state index is 12.0. The minimum Gasteiger partial charge on any atom is -0.390 e. The summed E-state index contributed by atoms with van der Waals surface area (Å²) >= 11 is 0. The van der Waals surface area contributed by atoms with Crippen molar-refractivity contribution in [3.05, 3.63) is 26.7 Å². The molecule has 152 valence electrons. The molecule has 0 aromatic carbocycles. The van der Waals surface area contributed by atoms with Crippen LogP contribution >= 0.6 is 0 Å². The molecule has 3 unspecified atom stereocenters. The Morgan fingerprint density at radius 3 is 2.22 bits per heavy atom. The van der Waals surface area contributed by atoms with Crippen LogP contribution in [0.5, 0.6) is 0 Å². The van der Waals surface area contributed by atoms with E-state index in [1.54, 1.807) is 7.05 Å². The summed E-state index contributed by atoms with van der Waals surface area (Å²) < 4.78 is 2.67. The third-order valence-electron chi connectivity index (χ3n) is 5.06. The number of nitrogens with zero attached hydrogens (tertiary/aromatic N) is 3. The molecule has 0 aliphatic rings. The summed E-state index contributed by atoms with van der Waals surface area (Å²) in [6.07, 6.45) is -2.23. The highest BCUT2D eigenvalue weighted by Crippen LogP contribution is 2.24. The Kier molecular flexibility index (Phi) is 5.67. The van der Waals surface area contributed by atoms with Crippen molar-refractivity contribution in [3.8, 4) is 0 Å². The lowest BCUT2D eigenvalue weighted by atomic mass is 9.87. The standard InChI is InChI=1S/C17H28N4O6/c1-16(2,26)9(22)6-7-17(3,27)10(23)8-11-18-13-12(20(11)4)14(24)19-15(25)21(13)5/h9-10,22-23,26-27H,6-8H2,1-5H3,(H,19,24,25). The van der Waals surface area contributed by atoms with Crippen molar-refractivity contribution < 1.29 is 20.4 Å². The van der Waals surface area contributed by atoms with E-state index in [0.717, 1.165) is 0 Å². The van der Waals surface area contributed by atoms with Crippen LogP contribution in [-0.4, -0.2) is 62.9 Å². The molecule has 0 spiro atoms. The highest BCUT2D eigenvalue weighted by Gasteiger charge is 2.34. The van der Waals surface area contributed by atoms with Crippen molar-refractivity contribution >= 4 is 11.2 Å². The van der Waals surface area contributed by atoms with E-state index in [4.69, 9.17) is 0 Å². The Balaban J connectivity index is 2.24. The Bertz CT molecular complexity index is 934. The van der Waals surface area contributed by atoms with Crippen molar-refractivity contribution in [2.45, 2.75) is 63.4 Å². The summed E-state index contributed by atoms with van der Waals surface area (Å²) in [4.78, 5) is 30.2. The third kappa shape index (κ3) is 4.29. The number of rotatable bonds is 7. The molecule has 10 heteroatoms. The van der Waals surface area contributed by atoms with E-state index < -0.39 is 34.7 Å². The van der Waals surface area contributed by atoms with Crippen molar-refractivity contribution in [2.24, 2.45) is 14.1 Å². The topological polar surface area (TPSA) is 154 Å². The van der Waals surface area contributed by atoms with Gasteiger partial charge in [0.25, 0.3) is 5.56 Å². The van der Waals surface area contributed by atoms with Crippen LogP contribution in [0.1, 0.15) is 39.4 Å². The van der Waals surface area contributed by atoms with Gasteiger partial charge in [-0.3, -0.25) is 14.3 Å². The minimum absolute atomic E-state index is 0.0440. The number of imidazole rings is 1. The highest BCUT2D eigenvalue weighted by atomic mass is 16.3. The van der Waals surface area contributed by atoms with Crippen LogP contribution in [-0.2, 0) is 20.5 Å². The first-order valence-corrected chi connectivity index (χ1v) is 8.71. The number of hydrogen-bond acceptors (Lipinski definition) is 7. The Hall–Kier alpha value is -2.01. The van der Waals surface area contributed by atoms with Gasteiger partial charge < -0.3 is 25.0 Å². The molecule has 0 fully saturated rings. The summed E-state index contributed by atoms with van der Waals surface area (Å²) in [6.45, 7) is 4.36. The fourth-order valence-electron chi connectivity index (χ4n) is 2.88. The van der Waals surface area contributed by atoms with Gasteiger partial charge in [-0.15, -0.1) is 0 Å². The molecule has 0 saturated carbocycles. The van der Waals surface area contributed by atoms with Crippen molar-refractivity contribution in [1.82, 2.24) is 19.1 Å². The molecule has 10 nitrogen and oxygen atoms in total. The van der Waals surface area contributed by atoms with E-state index in [-0.39, 0.29) is 30.4 Å². The molecule has 2 aromatic heterocycles. The van der Waals surface area contributed by atoms with Crippen LogP contribution < -0.4 is 11.2 Å². The molecule has 2 aromatic rings. The second-order valence-electron chi connectivity index (χ2n) is 7.86. The molecular formula is C17H28N4O6. The number of fused-ring (bicyclic) bond motifs is 1. The molecule has 0 bridgehead atoms. The van der Waals surface area contributed by atoms with Crippen LogP contribution in [0.2, 0.25) is 0 Å². The molecule has 5 N–H and O–H groups in total. The second kappa shape index (κ2) is 7.19. The largest absolute Gasteiger partial charge is 0.390 e. The number of H-pyrrole nitrogens is 1. The van der Waals surface area contributed by atoms with Gasteiger partial charge >= 0.3 is 5.69 Å². The zero-order valence-electron chi connectivity index (χ0n) is 16.2. The normalized spacial score (nSPS) is 17.1. The summed E-state index contributed by atoms with van der Waals surface area (Å²) in [6, 6.07) is 0. The Labute approximate surface area is 155 Å². The molecule has 0 radical (unpaired) electrons. The van der Waals surface area contributed by atoms with Crippen molar-refractivity contribution in [1.29, 1.82) is 0 Å². The molecular weight excluding hydrogens is 356 g/mol. The first-order valence-electron chi connectivity index (χ1n) is 8.71. The molecule has 0 amide bonds. The molecule has 0 aliphatic carbocycles. The summed E-state index contributed by atoms with van der Waals surface area (Å²) in [7, 11) is 3.06. The van der Waals surface area contributed by atoms with E-state index in [0.29, 0.717) is 5.82 Å². The van der Waals surface area contributed by atoms with Gasteiger partial charge in [0.2, 0.25) is 0 Å². The molecule has 2 heterocycles. The van der Waals surface area contributed by atoms with Crippen LogP contribution in [0.4, 0.5) is 0 Å². The van der Waals surface area contributed by atoms with Gasteiger partial charge in [-0.2, -0.15) is 0 Å². The first-order chi connectivity index (χ1) is 12.3. The Morgan fingerprint density at radius 2 is 1.67 bits per heavy atom. The quantitative estimate of drug-likeness (QED) is 0.390. The van der Waals surface area contributed by atoms with E-state index in [1.807, 2.05) is 0 Å². The molecule has 0 saturated heterocycles. The zero-order chi connectivity index (χ0) is 20.7. The van der Waals surface area contributed by atoms with E-state index >= 15 is 0 Å². The van der Waals surface area contributed by atoms with E-state index in [9.17, 15) is 30.0 Å². The number of nitrogens with one attached hydrogen (secondary N) is 1. The number of aromatic nitrogens is 4. The third-order valence-corrected chi connectivity index (χ3v) is 5.06. The van der Waals surface area contributed by atoms with E-state index in [2.05, 4.69) is 9.97 Å². The number of aliphatic hydroxyl groups excluding tert-OH is 2. The monoisotopic (exact) mass is 384 g/mol. The Morgan fingerprint density at radius 1 is 1.07 bits per heavy atom. The smallest absolute Gasteiger partial charge is 0.329 e. The highest BCUT2D eigenvalue weighted by molar-refractivity contribution is 5.70. The van der Waals surface area contributed by atoms with Gasteiger partial charge in [-0.05, 0) is 33.6 Å². The molecule has 2 rings (SSSR count). The average Bonchev–Trinajstić information content (AvgIpc) is 2.87. The lowest BCUT2D eigenvalue weighted by molar-refractivity contribution is -0.0930. The van der Waals surface area contributed by atoms with Crippen molar-refractivity contribution in [3.63, 3.8) is 0 Å². The van der Waals surface area contributed by atoms with E-state index in [1.165, 1.54) is 37.0 Å². The van der Waals surface area contributed by atoms with Gasteiger partial charge in [0.15, 0.2) is 11.2 Å². The average molecular weight is 384 g/mol. The van der Waals surface area contributed by atoms with Gasteiger partial charge in [0.1, 0.15) is 5.82 Å². The maximum Gasteiger partial charge on any atom is 0.329 e. The minimum atomic E-state index is -1.55. The number of aryl methyl sites for hydroxylation is 2. The van der Waals surface area contributed by atoms with Gasteiger partial charge in [0.05, 0.1) is 23.4 Å². The number of hydrogen-bond donors (Lipinski definition) is 5. The zero-order valence-corrected chi connectivity index (χ0v) is 16.2. The lowest BCUT2D eigenvalue weighted by Gasteiger charge is -2.32. The summed E-state index contributed by atoms with van der Waals surface area (Å²) in [5, 5.41) is 40.8. The predicted molar refractivity (Wildman–Crippen MR) is 98.4 cm³/mol. The van der Waals surface area contributed by atoms with Crippen LogP contribution in [0.25, 0.3) is 11.2 Å². The lowest BCUT2D eigenvalue weighted by Crippen LogP contribution is -2.44. The predicted octanol–water partition coefficient (Wildman–Crippen LogP) is -1.47. The van der Waals surface area contributed by atoms with Crippen LogP contribution in [0.3, 0.4) is 0 Å². The van der Waals surface area contributed by atoms with Crippen LogP contribution in [0, 0.1) is 0 Å². The number of aliphatic hydroxyl groups is 4. The summed E-state index contributed by atoms with van der Waals surface area (Å²) in [5.41, 5.74) is -3.66. The molecule has 0 aliphatic heterocycles. The fourth-order valence-corrected chi connectivity index (χ4v) is 2.88. The first kappa shape index (κ1) is 21.3. The van der Waals surface area contributed by atoms with Gasteiger partial charge in [-0.1, -0.05) is 0 Å². The number of aromatic amines is 1. The van der Waals surface area contributed by atoms with Crippen molar-refractivity contribution in [2.75, 3.05) is 0 Å². The SMILES string of the molecule is Cn1c(CC(O)C(C)(O)CCC(O)C(C)(C)O)nc2c1c(=O)[nH]c(=O)n2C. The fraction of sp³-hybridized carbons (Fsp3) is 0.706. The summed E-state index contributed by atoms with van der Waals surface area (Å²) in [5.74, 6) is 0.326. The maximum absolute atomic E-state index is 12.0. The van der Waals surface area contributed by atoms with Gasteiger partial charge in [-0.25, -0.2) is 9.78 Å².